The number of piperidine rings is 1. The minimum absolute atomic E-state index is 0.00890. The molecule has 3 rings (SSSR count). The number of hydrogen-bond donors (Lipinski definition) is 1. The van der Waals surface area contributed by atoms with Crippen molar-refractivity contribution >= 4 is 43.1 Å². The Labute approximate surface area is 175 Å². The second kappa shape index (κ2) is 8.43. The summed E-state index contributed by atoms with van der Waals surface area (Å²) >= 11 is 6.11. The van der Waals surface area contributed by atoms with Crippen LogP contribution in [-0.2, 0) is 24.7 Å². The fourth-order valence-corrected chi connectivity index (χ4v) is 5.72. The summed E-state index contributed by atoms with van der Waals surface area (Å²) in [7, 11) is -7.34. The van der Waals surface area contributed by atoms with Gasteiger partial charge in [-0.05, 0) is 43.2 Å². The lowest BCUT2D eigenvalue weighted by atomic mass is 10.0. The summed E-state index contributed by atoms with van der Waals surface area (Å²) in [6.45, 7) is 0.229. The first-order chi connectivity index (χ1) is 13.6. The second-order valence-electron chi connectivity index (χ2n) is 6.84. The predicted molar refractivity (Wildman–Crippen MR) is 111 cm³/mol. The van der Waals surface area contributed by atoms with Crippen molar-refractivity contribution in [3.63, 3.8) is 0 Å². The number of nitrogens with one attached hydrogen (secondary N) is 1. The number of carbonyl (C=O) groups excluding carboxylic acids is 1. The molecule has 1 fully saturated rings. The van der Waals surface area contributed by atoms with E-state index in [1.807, 2.05) is 0 Å². The van der Waals surface area contributed by atoms with Gasteiger partial charge in [0.05, 0.1) is 20.5 Å². The van der Waals surface area contributed by atoms with Crippen molar-refractivity contribution < 1.29 is 21.6 Å². The van der Waals surface area contributed by atoms with E-state index in [0.29, 0.717) is 19.3 Å². The molecule has 1 atom stereocenters. The van der Waals surface area contributed by atoms with Gasteiger partial charge in [-0.25, -0.2) is 16.8 Å². The Hall–Kier alpha value is -1.94. The van der Waals surface area contributed by atoms with Crippen LogP contribution in [0.1, 0.15) is 19.3 Å². The van der Waals surface area contributed by atoms with Crippen LogP contribution >= 0.6 is 11.6 Å². The maximum Gasteiger partial charge on any atom is 0.243 e. The van der Waals surface area contributed by atoms with E-state index >= 15 is 0 Å². The van der Waals surface area contributed by atoms with Crippen molar-refractivity contribution in [2.75, 3.05) is 18.1 Å². The average molecular weight is 457 g/mol. The molecule has 0 unspecified atom stereocenters. The number of sulfonamides is 1. The third-order valence-corrected chi connectivity index (χ3v) is 8.09. The lowest BCUT2D eigenvalue weighted by molar-refractivity contribution is -0.120. The van der Waals surface area contributed by atoms with E-state index in [9.17, 15) is 21.6 Å². The first kappa shape index (κ1) is 21.8. The van der Waals surface area contributed by atoms with E-state index in [0.717, 1.165) is 6.26 Å². The second-order valence-corrected chi connectivity index (χ2v) is 11.2. The van der Waals surface area contributed by atoms with Crippen LogP contribution in [-0.4, -0.2) is 45.9 Å². The van der Waals surface area contributed by atoms with Crippen molar-refractivity contribution in [1.29, 1.82) is 0 Å². The quantitative estimate of drug-likeness (QED) is 0.745. The minimum Gasteiger partial charge on any atom is -0.323 e. The monoisotopic (exact) mass is 456 g/mol. The van der Waals surface area contributed by atoms with Gasteiger partial charge in [-0.15, -0.1) is 0 Å². The highest BCUT2D eigenvalue weighted by Gasteiger charge is 2.37. The van der Waals surface area contributed by atoms with Crippen LogP contribution in [0.4, 0.5) is 5.69 Å². The average Bonchev–Trinajstić information content (AvgIpc) is 2.69. The molecular weight excluding hydrogens is 436 g/mol. The molecule has 1 aliphatic heterocycles. The lowest BCUT2D eigenvalue weighted by Crippen LogP contribution is -2.49. The van der Waals surface area contributed by atoms with Crippen LogP contribution in [0.3, 0.4) is 0 Å². The number of amides is 1. The first-order valence-electron chi connectivity index (χ1n) is 8.98. The van der Waals surface area contributed by atoms with Gasteiger partial charge in [-0.3, -0.25) is 4.79 Å². The molecule has 0 aromatic heterocycles. The molecule has 0 spiro atoms. The zero-order valence-corrected chi connectivity index (χ0v) is 18.1. The van der Waals surface area contributed by atoms with Gasteiger partial charge in [0, 0.05) is 12.8 Å². The third kappa shape index (κ3) is 4.80. The van der Waals surface area contributed by atoms with Gasteiger partial charge in [-0.2, -0.15) is 4.31 Å². The van der Waals surface area contributed by atoms with Gasteiger partial charge in [0.1, 0.15) is 6.04 Å². The number of benzene rings is 2. The van der Waals surface area contributed by atoms with E-state index < -0.39 is 31.8 Å². The standard InChI is InChI=1S/C19H21ClN2O5S2/c1-28(24,25)15-10-11-16(20)17(13-15)21-19(23)18-9-5-6-12-22(18)29(26,27)14-7-3-2-4-8-14/h2-4,7-8,10-11,13,18H,5-6,9,12H2,1H3,(H,21,23)/t18-/m1/s1. The van der Waals surface area contributed by atoms with Gasteiger partial charge in [-0.1, -0.05) is 36.2 Å². The molecular formula is C19H21ClN2O5S2. The predicted octanol–water partition coefficient (Wildman–Crippen LogP) is 2.93. The summed E-state index contributed by atoms with van der Waals surface area (Å²) in [6.07, 6.45) is 2.77. The summed E-state index contributed by atoms with van der Waals surface area (Å²) in [6, 6.07) is 11.0. The topological polar surface area (TPSA) is 101 Å². The Morgan fingerprint density at radius 2 is 1.72 bits per heavy atom. The van der Waals surface area contributed by atoms with Gasteiger partial charge < -0.3 is 5.32 Å². The molecule has 0 bridgehead atoms. The fourth-order valence-electron chi connectivity index (χ4n) is 3.23. The molecule has 1 amide bonds. The minimum atomic E-state index is -3.85. The molecule has 1 aliphatic rings. The normalized spacial score (nSPS) is 18.3. The van der Waals surface area contributed by atoms with Crippen molar-refractivity contribution in [3.05, 3.63) is 53.6 Å². The van der Waals surface area contributed by atoms with E-state index in [-0.39, 0.29) is 27.0 Å². The summed E-state index contributed by atoms with van der Waals surface area (Å²) in [5.41, 5.74) is 0.127. The molecule has 2 aromatic carbocycles. The highest BCUT2D eigenvalue weighted by atomic mass is 35.5. The van der Waals surface area contributed by atoms with E-state index in [1.165, 1.54) is 34.6 Å². The smallest absolute Gasteiger partial charge is 0.243 e. The molecule has 29 heavy (non-hydrogen) atoms. The Bertz CT molecular complexity index is 1120. The lowest BCUT2D eigenvalue weighted by Gasteiger charge is -2.33. The molecule has 1 saturated heterocycles. The van der Waals surface area contributed by atoms with Crippen molar-refractivity contribution in [2.24, 2.45) is 0 Å². The van der Waals surface area contributed by atoms with Crippen LogP contribution in [0.25, 0.3) is 0 Å². The number of nitrogens with zero attached hydrogens (tertiary/aromatic N) is 1. The largest absolute Gasteiger partial charge is 0.323 e. The molecule has 2 aromatic rings. The number of rotatable bonds is 5. The number of halogens is 1. The molecule has 0 radical (unpaired) electrons. The molecule has 0 saturated carbocycles. The fraction of sp³-hybridized carbons (Fsp3) is 0.316. The summed E-state index contributed by atoms with van der Waals surface area (Å²) in [5, 5.41) is 2.77. The van der Waals surface area contributed by atoms with Gasteiger partial charge >= 0.3 is 0 Å². The third-order valence-electron chi connectivity index (χ3n) is 4.73. The number of carbonyl (C=O) groups is 1. The number of anilines is 1. The highest BCUT2D eigenvalue weighted by molar-refractivity contribution is 7.90. The highest BCUT2D eigenvalue weighted by Crippen LogP contribution is 2.29. The number of sulfone groups is 1. The summed E-state index contributed by atoms with van der Waals surface area (Å²) < 4.78 is 50.9. The molecule has 1 N–H and O–H groups in total. The molecule has 1 heterocycles. The number of hydrogen-bond acceptors (Lipinski definition) is 5. The molecule has 156 valence electrons. The molecule has 0 aliphatic carbocycles. The summed E-state index contributed by atoms with van der Waals surface area (Å²) in [5.74, 6) is -0.545. The zero-order valence-electron chi connectivity index (χ0n) is 15.7. The Balaban J connectivity index is 1.90. The maximum absolute atomic E-state index is 13.0. The van der Waals surface area contributed by atoms with Gasteiger partial charge in [0.2, 0.25) is 15.9 Å². The summed E-state index contributed by atoms with van der Waals surface area (Å²) in [4.78, 5) is 13.1. The Kier molecular flexibility index (Phi) is 6.33. The zero-order chi connectivity index (χ0) is 21.2. The first-order valence-corrected chi connectivity index (χ1v) is 12.7. The molecule has 7 nitrogen and oxygen atoms in total. The maximum atomic E-state index is 13.0. The van der Waals surface area contributed by atoms with Crippen LogP contribution in [0.5, 0.6) is 0 Å². The van der Waals surface area contributed by atoms with Crippen molar-refractivity contribution in [2.45, 2.75) is 35.1 Å². The Morgan fingerprint density at radius 3 is 2.38 bits per heavy atom. The van der Waals surface area contributed by atoms with Crippen LogP contribution in [0.15, 0.2) is 58.3 Å². The van der Waals surface area contributed by atoms with Crippen LogP contribution < -0.4 is 5.32 Å². The van der Waals surface area contributed by atoms with Crippen molar-refractivity contribution in [1.82, 2.24) is 4.31 Å². The van der Waals surface area contributed by atoms with E-state index in [1.54, 1.807) is 18.2 Å². The van der Waals surface area contributed by atoms with Gasteiger partial charge in [0.15, 0.2) is 9.84 Å². The van der Waals surface area contributed by atoms with Crippen LogP contribution in [0, 0.1) is 0 Å². The van der Waals surface area contributed by atoms with Crippen molar-refractivity contribution in [3.8, 4) is 0 Å². The van der Waals surface area contributed by atoms with Crippen LogP contribution in [0.2, 0.25) is 5.02 Å². The Morgan fingerprint density at radius 1 is 1.03 bits per heavy atom. The van der Waals surface area contributed by atoms with E-state index in [2.05, 4.69) is 5.32 Å². The SMILES string of the molecule is CS(=O)(=O)c1ccc(Cl)c(NC(=O)[C@H]2CCCCN2S(=O)(=O)c2ccccc2)c1. The molecule has 10 heteroatoms. The van der Waals surface area contributed by atoms with E-state index in [4.69, 9.17) is 11.6 Å². The van der Waals surface area contributed by atoms with Gasteiger partial charge in [0.25, 0.3) is 0 Å².